The van der Waals surface area contributed by atoms with E-state index in [-0.39, 0.29) is 23.2 Å². The zero-order chi connectivity index (χ0) is 18.0. The molecule has 1 aliphatic heterocycles. The highest BCUT2D eigenvalue weighted by Gasteiger charge is 2.25. The number of hydrogen-bond acceptors (Lipinski definition) is 7. The molecule has 0 aliphatic carbocycles. The Kier molecular flexibility index (Phi) is 6.59. The minimum atomic E-state index is -3.36. The molecule has 26 heavy (non-hydrogen) atoms. The molecule has 1 aliphatic rings. The molecule has 0 bridgehead atoms. The van der Waals surface area contributed by atoms with Gasteiger partial charge in [-0.25, -0.2) is 18.4 Å². The Labute approximate surface area is 160 Å². The topological polar surface area (TPSA) is 102 Å². The number of halogens is 1. The summed E-state index contributed by atoms with van der Waals surface area (Å²) < 4.78 is 26.0. The van der Waals surface area contributed by atoms with Crippen LogP contribution in [0, 0.1) is 6.92 Å². The van der Waals surface area contributed by atoms with Gasteiger partial charge in [0.05, 0.1) is 29.8 Å². The van der Waals surface area contributed by atoms with Crippen LogP contribution in [0.3, 0.4) is 0 Å². The third kappa shape index (κ3) is 4.72. The quantitative estimate of drug-likeness (QED) is 0.782. The highest BCUT2D eigenvalue weighted by Crippen LogP contribution is 2.28. The largest absolute Gasteiger partial charge is 0.349 e. The van der Waals surface area contributed by atoms with Gasteiger partial charge in [0.1, 0.15) is 4.90 Å². The lowest BCUT2D eigenvalue weighted by molar-refractivity contribution is 0.448. The van der Waals surface area contributed by atoms with Gasteiger partial charge in [0.25, 0.3) is 0 Å². The van der Waals surface area contributed by atoms with Gasteiger partial charge in [-0.1, -0.05) is 0 Å². The van der Waals surface area contributed by atoms with Crippen LogP contribution in [-0.4, -0.2) is 47.5 Å². The summed E-state index contributed by atoms with van der Waals surface area (Å²) in [5, 5.41) is 10.8. The summed E-state index contributed by atoms with van der Waals surface area (Å²) in [6.07, 6.45) is 4.56. The Morgan fingerprint density at radius 3 is 2.77 bits per heavy atom. The van der Waals surface area contributed by atoms with E-state index >= 15 is 0 Å². The van der Waals surface area contributed by atoms with Gasteiger partial charge in [-0.2, -0.15) is 5.10 Å². The second-order valence-corrected chi connectivity index (χ2v) is 8.50. The number of hydrogen-bond donors (Lipinski definition) is 2. The monoisotopic (exact) mass is 400 g/mol. The number of piperidine rings is 1. The third-order valence-electron chi connectivity index (χ3n) is 4.39. The smallest absolute Gasteiger partial charge is 0.223 e. The molecule has 3 heterocycles. The van der Waals surface area contributed by atoms with Gasteiger partial charge >= 0.3 is 0 Å². The maximum Gasteiger partial charge on any atom is 0.223 e. The number of sulfone groups is 1. The van der Waals surface area contributed by atoms with Gasteiger partial charge in [-0.15, -0.1) is 12.4 Å². The predicted octanol–water partition coefficient (Wildman–Crippen LogP) is 1.42. The summed E-state index contributed by atoms with van der Waals surface area (Å²) in [6, 6.07) is 1.99. The fraction of sp³-hybridized carbons (Fsp3) is 0.562. The molecule has 2 aromatic rings. The molecule has 1 saturated heterocycles. The standard InChI is InChI=1S/C16H24N6O2S.ClH/c1-11-7-13(22(2)21-11)9-18-16-19-10-14(25(3,23)24)15(20-16)12-5-4-6-17-8-12;/h7,10,12,17H,4-6,8-9H2,1-3H3,(H,18,19,20);1H. The van der Waals surface area contributed by atoms with Crippen molar-refractivity contribution in [2.75, 3.05) is 24.7 Å². The van der Waals surface area contributed by atoms with Gasteiger partial charge in [-0.3, -0.25) is 4.68 Å². The molecule has 1 unspecified atom stereocenters. The van der Waals surface area contributed by atoms with Crippen molar-refractivity contribution in [1.82, 2.24) is 25.1 Å². The molecule has 1 atom stereocenters. The van der Waals surface area contributed by atoms with E-state index in [1.807, 2.05) is 20.0 Å². The summed E-state index contributed by atoms with van der Waals surface area (Å²) in [6.45, 7) is 4.16. The average Bonchev–Trinajstić information content (AvgIpc) is 2.90. The number of anilines is 1. The van der Waals surface area contributed by atoms with Crippen LogP contribution in [0.15, 0.2) is 17.2 Å². The fourth-order valence-corrected chi connectivity index (χ4v) is 3.97. The van der Waals surface area contributed by atoms with E-state index in [1.54, 1.807) is 4.68 Å². The Bertz CT molecular complexity index is 862. The summed E-state index contributed by atoms with van der Waals surface area (Å²) >= 11 is 0. The summed E-state index contributed by atoms with van der Waals surface area (Å²) in [5.74, 6) is 0.521. The fourth-order valence-electron chi connectivity index (χ4n) is 3.13. The molecule has 1 fully saturated rings. The van der Waals surface area contributed by atoms with Crippen LogP contribution in [0.4, 0.5) is 5.95 Å². The number of rotatable bonds is 5. The number of aromatic nitrogens is 4. The van der Waals surface area contributed by atoms with E-state index in [9.17, 15) is 8.42 Å². The molecular formula is C16H25ClN6O2S. The van der Waals surface area contributed by atoms with E-state index in [0.29, 0.717) is 18.2 Å². The van der Waals surface area contributed by atoms with E-state index in [2.05, 4.69) is 25.7 Å². The lowest BCUT2D eigenvalue weighted by Gasteiger charge is -2.24. The molecule has 144 valence electrons. The van der Waals surface area contributed by atoms with Gasteiger partial charge in [0.2, 0.25) is 5.95 Å². The minimum Gasteiger partial charge on any atom is -0.349 e. The van der Waals surface area contributed by atoms with Crippen molar-refractivity contribution in [2.45, 2.75) is 37.1 Å². The first-order valence-corrected chi connectivity index (χ1v) is 10.2. The second-order valence-electron chi connectivity index (χ2n) is 6.51. The van der Waals surface area contributed by atoms with Crippen LogP contribution < -0.4 is 10.6 Å². The molecule has 0 spiro atoms. The molecule has 0 saturated carbocycles. The summed E-state index contributed by atoms with van der Waals surface area (Å²) in [7, 11) is -1.48. The van der Waals surface area contributed by atoms with Crippen molar-refractivity contribution in [1.29, 1.82) is 0 Å². The molecule has 2 aromatic heterocycles. The predicted molar refractivity (Wildman–Crippen MR) is 103 cm³/mol. The highest BCUT2D eigenvalue weighted by atomic mass is 35.5. The van der Waals surface area contributed by atoms with Crippen molar-refractivity contribution < 1.29 is 8.42 Å². The molecule has 3 rings (SSSR count). The minimum absolute atomic E-state index is 0. The number of nitrogens with one attached hydrogen (secondary N) is 2. The molecule has 0 radical (unpaired) electrons. The number of nitrogens with zero attached hydrogens (tertiary/aromatic N) is 4. The molecule has 0 amide bonds. The van der Waals surface area contributed by atoms with Crippen LogP contribution >= 0.6 is 12.4 Å². The molecular weight excluding hydrogens is 376 g/mol. The third-order valence-corrected chi connectivity index (χ3v) is 5.51. The van der Waals surface area contributed by atoms with Crippen molar-refractivity contribution in [2.24, 2.45) is 7.05 Å². The van der Waals surface area contributed by atoms with Gasteiger partial charge in [0.15, 0.2) is 9.84 Å². The Morgan fingerprint density at radius 1 is 1.42 bits per heavy atom. The summed E-state index contributed by atoms with van der Waals surface area (Å²) in [5.41, 5.74) is 2.56. The lowest BCUT2D eigenvalue weighted by atomic mass is 9.96. The van der Waals surface area contributed by atoms with Crippen LogP contribution in [0.5, 0.6) is 0 Å². The molecule has 2 N–H and O–H groups in total. The summed E-state index contributed by atoms with van der Waals surface area (Å²) in [4.78, 5) is 8.97. The number of aryl methyl sites for hydroxylation is 2. The maximum absolute atomic E-state index is 12.1. The molecule has 10 heteroatoms. The van der Waals surface area contributed by atoms with Crippen LogP contribution in [-0.2, 0) is 23.4 Å². The average molecular weight is 401 g/mol. The Hall–Kier alpha value is -1.71. The van der Waals surface area contributed by atoms with Crippen molar-refractivity contribution in [3.63, 3.8) is 0 Å². The first kappa shape index (κ1) is 20.6. The van der Waals surface area contributed by atoms with Gasteiger partial charge in [0, 0.05) is 25.8 Å². The van der Waals surface area contributed by atoms with E-state index < -0.39 is 9.84 Å². The van der Waals surface area contributed by atoms with Crippen molar-refractivity contribution >= 4 is 28.2 Å². The van der Waals surface area contributed by atoms with Crippen LogP contribution in [0.2, 0.25) is 0 Å². The Morgan fingerprint density at radius 2 is 2.19 bits per heavy atom. The van der Waals surface area contributed by atoms with Crippen molar-refractivity contribution in [3.05, 3.63) is 29.3 Å². The lowest BCUT2D eigenvalue weighted by Crippen LogP contribution is -2.30. The molecule has 8 nitrogen and oxygen atoms in total. The van der Waals surface area contributed by atoms with Crippen LogP contribution in [0.1, 0.15) is 35.8 Å². The van der Waals surface area contributed by atoms with Gasteiger partial charge < -0.3 is 10.6 Å². The highest BCUT2D eigenvalue weighted by molar-refractivity contribution is 7.90. The Balaban J connectivity index is 0.00000243. The molecule has 0 aromatic carbocycles. The van der Waals surface area contributed by atoms with Crippen molar-refractivity contribution in [3.8, 4) is 0 Å². The first-order chi connectivity index (χ1) is 11.8. The second kappa shape index (κ2) is 8.32. The zero-order valence-corrected chi connectivity index (χ0v) is 16.8. The first-order valence-electron chi connectivity index (χ1n) is 8.35. The maximum atomic E-state index is 12.1. The van der Waals surface area contributed by atoms with E-state index in [1.165, 1.54) is 12.5 Å². The normalized spacial score (nSPS) is 17.6. The van der Waals surface area contributed by atoms with Gasteiger partial charge in [-0.05, 0) is 32.4 Å². The van der Waals surface area contributed by atoms with E-state index in [0.717, 1.165) is 37.3 Å². The SMILES string of the molecule is Cc1cc(CNc2ncc(S(C)(=O)=O)c(C3CCCNC3)n2)n(C)n1.Cl. The van der Waals surface area contributed by atoms with E-state index in [4.69, 9.17) is 0 Å². The van der Waals surface area contributed by atoms with Crippen LogP contribution in [0.25, 0.3) is 0 Å². The zero-order valence-electron chi connectivity index (χ0n) is 15.2.